The van der Waals surface area contributed by atoms with Crippen molar-refractivity contribution in [2.24, 2.45) is 0 Å². The molecule has 13 N–H and O–H groups in total. The Hall–Kier alpha value is -0.200. The topological polar surface area (TPSA) is 168 Å². The first-order chi connectivity index (χ1) is 0. The molecule has 0 aliphatic rings. The maximum absolute atomic E-state index is 0. The lowest BCUT2D eigenvalue weighted by atomic mass is 14.0. The Morgan fingerprint density at radius 2 is 0.400 bits per heavy atom. The predicted octanol–water partition coefficient (Wildman–Crippen LogP) is -1.16. The summed E-state index contributed by atoms with van der Waals surface area (Å²) in [4.78, 5) is 0. The van der Waals surface area contributed by atoms with Crippen molar-refractivity contribution in [2.75, 3.05) is 0 Å². The van der Waals surface area contributed by atoms with Gasteiger partial charge in [0.05, 0.1) is 0 Å². The summed E-state index contributed by atoms with van der Waals surface area (Å²) in [6.45, 7) is 0. The van der Waals surface area contributed by atoms with Crippen LogP contribution < -0.4 is 18.5 Å². The molecule has 0 aromatic heterocycles. The van der Waals surface area contributed by atoms with E-state index < -0.39 is 0 Å². The average molecular weight is 87.1 g/mol. The first kappa shape index (κ1) is 1730. The maximum Gasteiger partial charge on any atom is -0.344 e. The van der Waals surface area contributed by atoms with Crippen molar-refractivity contribution in [1.82, 2.24) is 18.5 Å². The Kier molecular flexibility index (Phi) is 258000. The SMILES string of the molecule is N.N.N.O.O. The van der Waals surface area contributed by atoms with Gasteiger partial charge in [0.2, 0.25) is 0 Å². The molecule has 40 valence electrons. The van der Waals surface area contributed by atoms with Crippen LogP contribution in [0, 0.1) is 0 Å². The van der Waals surface area contributed by atoms with E-state index in [0.29, 0.717) is 0 Å². The molecule has 0 fully saturated rings. The van der Waals surface area contributed by atoms with Crippen LogP contribution in [0.1, 0.15) is 0 Å². The van der Waals surface area contributed by atoms with E-state index in [9.17, 15) is 0 Å². The fourth-order valence-corrected chi connectivity index (χ4v) is 0. The van der Waals surface area contributed by atoms with Gasteiger partial charge in [-0.15, -0.1) is 0 Å². The van der Waals surface area contributed by atoms with Gasteiger partial charge in [-0.25, -0.2) is 0 Å². The molecule has 0 bridgehead atoms. The standard InChI is InChI=1S/3H3N.2H2O/h3*1H3;2*1H2. The van der Waals surface area contributed by atoms with Gasteiger partial charge in [0.15, 0.2) is 0 Å². The van der Waals surface area contributed by atoms with Crippen LogP contribution in [0.2, 0.25) is 0 Å². The highest BCUT2D eigenvalue weighted by Gasteiger charge is -0.342. The third kappa shape index (κ3) is 308. The lowest BCUT2D eigenvalue weighted by Crippen LogP contribution is -0.482. The molecule has 5 nitrogen and oxygen atoms in total. The van der Waals surface area contributed by atoms with E-state index in [-0.39, 0.29) is 29.4 Å². The molecule has 0 aromatic rings. The fourth-order valence-electron chi connectivity index (χ4n) is 0. The number of hydrogen-bond acceptors (Lipinski definition) is 3. The van der Waals surface area contributed by atoms with Crippen molar-refractivity contribution in [1.29, 1.82) is 0 Å². The summed E-state index contributed by atoms with van der Waals surface area (Å²) in [5.41, 5.74) is 0. The number of hydrogen-bond donors (Lipinski definition) is 3. The van der Waals surface area contributed by atoms with Crippen LogP contribution in [0.5, 0.6) is 0 Å². The zero-order chi connectivity index (χ0) is 0. The molecule has 0 aliphatic carbocycles. The normalized spacial score (nSPS) is 0. The second-order valence-electron chi connectivity index (χ2n) is 0. The van der Waals surface area contributed by atoms with Gasteiger partial charge in [0, 0.05) is 0 Å². The summed E-state index contributed by atoms with van der Waals surface area (Å²) in [6.07, 6.45) is 0. The van der Waals surface area contributed by atoms with Gasteiger partial charge in [0.1, 0.15) is 0 Å². The summed E-state index contributed by atoms with van der Waals surface area (Å²) < 4.78 is 0. The summed E-state index contributed by atoms with van der Waals surface area (Å²) in [7, 11) is 0. The quantitative estimate of drug-likeness (QED) is 0.339. The fraction of sp³-hybridized carbons (Fsp3) is 0. The van der Waals surface area contributed by atoms with Gasteiger partial charge in [-0.1, -0.05) is 0 Å². The highest BCUT2D eigenvalue weighted by atomic mass is 16.0. The van der Waals surface area contributed by atoms with E-state index in [1.807, 2.05) is 0 Å². The molecule has 0 saturated heterocycles. The third-order valence-electron chi connectivity index (χ3n) is 0. The first-order valence-corrected chi connectivity index (χ1v) is 0. The van der Waals surface area contributed by atoms with Crippen LogP contribution in [-0.2, 0) is 0 Å². The van der Waals surface area contributed by atoms with Crippen LogP contribution in [0.15, 0.2) is 0 Å². The van der Waals surface area contributed by atoms with E-state index in [1.54, 1.807) is 0 Å². The molecule has 0 amide bonds. The molecule has 0 radical (unpaired) electrons. The highest BCUT2D eigenvalue weighted by molar-refractivity contribution is 2.14. The molecule has 5 heavy (non-hydrogen) atoms. The van der Waals surface area contributed by atoms with Crippen molar-refractivity contribution >= 4 is 0 Å². The minimum atomic E-state index is 0. The van der Waals surface area contributed by atoms with Crippen molar-refractivity contribution in [3.8, 4) is 0 Å². The minimum absolute atomic E-state index is 0. The molecule has 5 heteroatoms. The molecule has 0 atom stereocenters. The molecule has 0 aliphatic heterocycles. The van der Waals surface area contributed by atoms with E-state index in [4.69, 9.17) is 0 Å². The Labute approximate surface area is 30.7 Å². The van der Waals surface area contributed by atoms with E-state index >= 15 is 0 Å². The molecular formula is H13N3O2. The average Bonchev–Trinajstić information content (AvgIpc) is 0. The van der Waals surface area contributed by atoms with Gasteiger partial charge in [-0.3, -0.25) is 0 Å². The largest absolute Gasteiger partial charge is 0.412 e. The van der Waals surface area contributed by atoms with E-state index in [2.05, 4.69) is 0 Å². The van der Waals surface area contributed by atoms with E-state index in [1.165, 1.54) is 0 Å². The van der Waals surface area contributed by atoms with Gasteiger partial charge < -0.3 is 29.4 Å². The Balaban J connectivity index is 0. The highest BCUT2D eigenvalue weighted by Crippen LogP contribution is -0.288. The molecule has 0 aromatic carbocycles. The van der Waals surface area contributed by atoms with Crippen molar-refractivity contribution < 1.29 is 11.0 Å². The van der Waals surface area contributed by atoms with Crippen LogP contribution in [0.25, 0.3) is 0 Å². The molecule has 0 spiro atoms. The Morgan fingerprint density at radius 3 is 0.400 bits per heavy atom. The Morgan fingerprint density at radius 1 is 0.400 bits per heavy atom. The van der Waals surface area contributed by atoms with Crippen molar-refractivity contribution in [3.05, 3.63) is 0 Å². The molecule has 0 saturated carbocycles. The molecule has 0 heterocycles. The van der Waals surface area contributed by atoms with Gasteiger partial charge in [0.25, 0.3) is 0 Å². The van der Waals surface area contributed by atoms with Gasteiger partial charge in [-0.2, -0.15) is 0 Å². The second kappa shape index (κ2) is 745. The first-order valence-electron chi connectivity index (χ1n) is 0. The van der Waals surface area contributed by atoms with Crippen LogP contribution in [0.3, 0.4) is 0 Å². The number of rotatable bonds is 0. The smallest absolute Gasteiger partial charge is 0.344 e. The van der Waals surface area contributed by atoms with Crippen molar-refractivity contribution in [2.45, 2.75) is 0 Å². The summed E-state index contributed by atoms with van der Waals surface area (Å²) in [6, 6.07) is 0. The second-order valence-corrected chi connectivity index (χ2v) is 0. The predicted molar refractivity (Wildman–Crippen MR) is 22.3 cm³/mol. The molecular weight excluding hydrogens is 74.0 g/mol. The lowest BCUT2D eigenvalue weighted by Gasteiger charge is -0.413. The van der Waals surface area contributed by atoms with Crippen molar-refractivity contribution in [3.63, 3.8) is 0 Å². The minimum Gasteiger partial charge on any atom is -0.412 e. The third-order valence-corrected chi connectivity index (χ3v) is 0. The van der Waals surface area contributed by atoms with Crippen LogP contribution >= 0.6 is 0 Å². The van der Waals surface area contributed by atoms with E-state index in [0.717, 1.165) is 0 Å². The summed E-state index contributed by atoms with van der Waals surface area (Å²) >= 11 is 0. The lowest BCUT2D eigenvalue weighted by molar-refractivity contribution is 0.823. The summed E-state index contributed by atoms with van der Waals surface area (Å²) in [5.74, 6) is 0. The molecule has 0 rings (SSSR count). The van der Waals surface area contributed by atoms with Gasteiger partial charge in [-0.05, 0) is 0 Å². The van der Waals surface area contributed by atoms with Crippen LogP contribution in [-0.4, -0.2) is 11.0 Å². The zero-order valence-corrected chi connectivity index (χ0v) is 3.12. The Bertz CT molecular complexity index is 4.85. The zero-order valence-electron chi connectivity index (χ0n) is 3.12. The van der Waals surface area contributed by atoms with Crippen LogP contribution in [0.4, 0.5) is 0 Å². The van der Waals surface area contributed by atoms with Gasteiger partial charge >= 0.3 is 0 Å². The summed E-state index contributed by atoms with van der Waals surface area (Å²) in [5, 5.41) is 0. The monoisotopic (exact) mass is 87.1 g/mol. The maximum atomic E-state index is 0. The molecule has 0 unspecified atom stereocenters.